The number of rotatable bonds is 2. The fourth-order valence-electron chi connectivity index (χ4n) is 2.62. The number of carboxylic acids is 1. The van der Waals surface area contributed by atoms with Gasteiger partial charge in [0.25, 0.3) is 0 Å². The van der Waals surface area contributed by atoms with E-state index < -0.39 is 12.0 Å². The molecule has 0 aromatic carbocycles. The third-order valence-corrected chi connectivity index (χ3v) is 3.57. The molecule has 1 saturated heterocycles. The van der Waals surface area contributed by atoms with Gasteiger partial charge in [-0.1, -0.05) is 0 Å². The number of hydrogen-bond acceptors (Lipinski definition) is 5. The van der Waals surface area contributed by atoms with Gasteiger partial charge >= 0.3 is 5.97 Å². The van der Waals surface area contributed by atoms with Crippen molar-refractivity contribution in [2.24, 2.45) is 7.05 Å². The van der Waals surface area contributed by atoms with Crippen molar-refractivity contribution in [3.63, 3.8) is 0 Å². The van der Waals surface area contributed by atoms with Crippen molar-refractivity contribution in [2.45, 2.75) is 25.3 Å². The van der Waals surface area contributed by atoms with E-state index in [1.54, 1.807) is 10.9 Å². The first-order valence-electron chi connectivity index (χ1n) is 6.30. The lowest BCUT2D eigenvalue weighted by atomic mass is 10.0. The number of aromatic nitrogens is 4. The van der Waals surface area contributed by atoms with Gasteiger partial charge in [-0.05, 0) is 19.3 Å². The molecule has 2 aromatic rings. The average molecular weight is 261 g/mol. The Morgan fingerprint density at radius 3 is 3.05 bits per heavy atom. The third kappa shape index (κ3) is 1.91. The molecule has 0 amide bonds. The minimum atomic E-state index is -0.796. The maximum Gasteiger partial charge on any atom is 0.326 e. The van der Waals surface area contributed by atoms with Crippen molar-refractivity contribution in [3.05, 3.63) is 12.5 Å². The first kappa shape index (κ1) is 11.9. The zero-order valence-electron chi connectivity index (χ0n) is 10.7. The molecule has 100 valence electrons. The number of carbonyl (C=O) groups is 1. The monoisotopic (exact) mass is 261 g/mol. The normalized spacial score (nSPS) is 19.8. The lowest BCUT2D eigenvalue weighted by Gasteiger charge is -2.33. The van der Waals surface area contributed by atoms with Gasteiger partial charge in [-0.15, -0.1) is 0 Å². The van der Waals surface area contributed by atoms with E-state index in [4.69, 9.17) is 0 Å². The number of piperidine rings is 1. The van der Waals surface area contributed by atoms with Crippen LogP contribution in [0.1, 0.15) is 19.3 Å². The van der Waals surface area contributed by atoms with Crippen LogP contribution in [0.15, 0.2) is 12.5 Å². The first-order chi connectivity index (χ1) is 9.18. The summed E-state index contributed by atoms with van der Waals surface area (Å²) in [6.07, 6.45) is 5.73. The molecular formula is C12H15N5O2. The van der Waals surface area contributed by atoms with Crippen LogP contribution in [0.4, 0.5) is 5.82 Å². The molecule has 1 N–H and O–H groups in total. The fourth-order valence-corrected chi connectivity index (χ4v) is 2.62. The summed E-state index contributed by atoms with van der Waals surface area (Å²) in [6.45, 7) is 0.706. The zero-order valence-corrected chi connectivity index (χ0v) is 10.7. The molecule has 1 aliphatic rings. The van der Waals surface area contributed by atoms with E-state index in [0.29, 0.717) is 18.8 Å². The maximum atomic E-state index is 11.4. The number of aliphatic carboxylic acids is 1. The molecule has 3 rings (SSSR count). The number of nitrogens with zero attached hydrogens (tertiary/aromatic N) is 5. The largest absolute Gasteiger partial charge is 0.480 e. The molecule has 7 heteroatoms. The van der Waals surface area contributed by atoms with Crippen LogP contribution >= 0.6 is 0 Å². The summed E-state index contributed by atoms with van der Waals surface area (Å²) in [7, 11) is 1.81. The standard InChI is InChI=1S/C12H15N5O2/c1-16-10-8(6-15-16)11(14-7-13-10)17-5-3-2-4-9(17)12(18)19/h6-7,9H,2-5H2,1H3,(H,18,19). The van der Waals surface area contributed by atoms with Gasteiger partial charge in [0.15, 0.2) is 5.65 Å². The van der Waals surface area contributed by atoms with Crippen molar-refractivity contribution in [1.29, 1.82) is 0 Å². The molecule has 2 aromatic heterocycles. The molecule has 1 aliphatic heterocycles. The molecule has 0 bridgehead atoms. The quantitative estimate of drug-likeness (QED) is 0.861. The summed E-state index contributed by atoms with van der Waals surface area (Å²) in [6, 6.07) is -0.507. The molecule has 19 heavy (non-hydrogen) atoms. The Morgan fingerprint density at radius 1 is 1.42 bits per heavy atom. The highest BCUT2D eigenvalue weighted by atomic mass is 16.4. The predicted octanol–water partition coefficient (Wildman–Crippen LogP) is 0.807. The molecule has 7 nitrogen and oxygen atoms in total. The summed E-state index contributed by atoms with van der Waals surface area (Å²) in [4.78, 5) is 21.7. The highest BCUT2D eigenvalue weighted by molar-refractivity contribution is 5.89. The van der Waals surface area contributed by atoms with Crippen molar-refractivity contribution < 1.29 is 9.90 Å². The SMILES string of the molecule is Cn1ncc2c(N3CCCCC3C(=O)O)ncnc21. The van der Waals surface area contributed by atoms with Crippen molar-refractivity contribution in [1.82, 2.24) is 19.7 Å². The predicted molar refractivity (Wildman–Crippen MR) is 68.9 cm³/mol. The van der Waals surface area contributed by atoms with E-state index in [0.717, 1.165) is 23.9 Å². The lowest BCUT2D eigenvalue weighted by molar-refractivity contribution is -0.139. The summed E-state index contributed by atoms with van der Waals surface area (Å²) >= 11 is 0. The van der Waals surface area contributed by atoms with Crippen molar-refractivity contribution >= 4 is 22.8 Å². The van der Waals surface area contributed by atoms with Crippen LogP contribution in [0.25, 0.3) is 11.0 Å². The van der Waals surface area contributed by atoms with E-state index in [1.807, 2.05) is 11.9 Å². The Morgan fingerprint density at radius 2 is 2.26 bits per heavy atom. The average Bonchev–Trinajstić information content (AvgIpc) is 2.81. The molecule has 0 saturated carbocycles. The summed E-state index contributed by atoms with van der Waals surface area (Å²) in [5.41, 5.74) is 0.722. The van der Waals surface area contributed by atoms with Gasteiger partial charge in [-0.2, -0.15) is 5.10 Å². The Kier molecular flexibility index (Phi) is 2.81. The third-order valence-electron chi connectivity index (χ3n) is 3.57. The van der Waals surface area contributed by atoms with Crippen LogP contribution in [0.3, 0.4) is 0 Å². The summed E-state index contributed by atoms with van der Waals surface area (Å²) in [5, 5.41) is 14.3. The van der Waals surface area contributed by atoms with Crippen molar-refractivity contribution in [2.75, 3.05) is 11.4 Å². The van der Waals surface area contributed by atoms with Gasteiger partial charge in [0.2, 0.25) is 0 Å². The first-order valence-corrected chi connectivity index (χ1v) is 6.30. The maximum absolute atomic E-state index is 11.4. The fraction of sp³-hybridized carbons (Fsp3) is 0.500. The van der Waals surface area contributed by atoms with E-state index in [1.165, 1.54) is 6.33 Å². The Bertz CT molecular complexity index is 624. The van der Waals surface area contributed by atoms with E-state index in [-0.39, 0.29) is 0 Å². The van der Waals surface area contributed by atoms with Gasteiger partial charge in [0.05, 0.1) is 11.6 Å². The second-order valence-electron chi connectivity index (χ2n) is 4.75. The zero-order chi connectivity index (χ0) is 13.4. The van der Waals surface area contributed by atoms with Gasteiger partial charge in [-0.3, -0.25) is 4.68 Å². The van der Waals surface area contributed by atoms with E-state index >= 15 is 0 Å². The van der Waals surface area contributed by atoms with Crippen LogP contribution < -0.4 is 4.90 Å². The molecule has 0 radical (unpaired) electrons. The summed E-state index contributed by atoms with van der Waals surface area (Å²) in [5.74, 6) is -0.124. The van der Waals surface area contributed by atoms with Gasteiger partial charge in [0, 0.05) is 13.6 Å². The topological polar surface area (TPSA) is 84.1 Å². The van der Waals surface area contributed by atoms with Gasteiger partial charge in [-0.25, -0.2) is 14.8 Å². The number of anilines is 1. The Balaban J connectivity index is 2.09. The molecule has 1 unspecified atom stereocenters. The van der Waals surface area contributed by atoms with E-state index in [2.05, 4.69) is 15.1 Å². The number of aryl methyl sites for hydroxylation is 1. The minimum absolute atomic E-state index is 0.507. The summed E-state index contributed by atoms with van der Waals surface area (Å²) < 4.78 is 1.67. The molecule has 1 fully saturated rings. The molecule has 1 atom stereocenters. The Hall–Kier alpha value is -2.18. The Labute approximate surface area is 109 Å². The molecule has 0 spiro atoms. The minimum Gasteiger partial charge on any atom is -0.480 e. The second-order valence-corrected chi connectivity index (χ2v) is 4.75. The molecule has 0 aliphatic carbocycles. The smallest absolute Gasteiger partial charge is 0.326 e. The molecule has 3 heterocycles. The van der Waals surface area contributed by atoms with Gasteiger partial charge < -0.3 is 10.0 Å². The van der Waals surface area contributed by atoms with Crippen LogP contribution in [0.5, 0.6) is 0 Å². The van der Waals surface area contributed by atoms with E-state index in [9.17, 15) is 9.90 Å². The number of fused-ring (bicyclic) bond motifs is 1. The van der Waals surface area contributed by atoms with Gasteiger partial charge in [0.1, 0.15) is 18.2 Å². The van der Waals surface area contributed by atoms with Crippen LogP contribution in [-0.2, 0) is 11.8 Å². The highest BCUT2D eigenvalue weighted by Gasteiger charge is 2.30. The van der Waals surface area contributed by atoms with Crippen molar-refractivity contribution in [3.8, 4) is 0 Å². The lowest BCUT2D eigenvalue weighted by Crippen LogP contribution is -2.45. The second kappa shape index (κ2) is 4.49. The number of hydrogen-bond donors (Lipinski definition) is 1. The molecular weight excluding hydrogens is 246 g/mol. The number of carboxylic acid groups (broad SMARTS) is 1. The van der Waals surface area contributed by atoms with Crippen LogP contribution in [0, 0.1) is 0 Å². The van der Waals surface area contributed by atoms with Crippen LogP contribution in [0.2, 0.25) is 0 Å². The van der Waals surface area contributed by atoms with Crippen LogP contribution in [-0.4, -0.2) is 43.4 Å². The highest BCUT2D eigenvalue weighted by Crippen LogP contribution is 2.28.